The van der Waals surface area contributed by atoms with E-state index in [4.69, 9.17) is 5.73 Å². The van der Waals surface area contributed by atoms with E-state index < -0.39 is 0 Å². The SMILES string of the molecule is CCC(CC)(CNc1ccc2scnc2c1N)SC. The number of nitrogen functional groups attached to an aromatic ring is 1. The second-order valence-corrected chi connectivity index (χ2v) is 6.83. The highest BCUT2D eigenvalue weighted by atomic mass is 32.2. The van der Waals surface area contributed by atoms with Crippen molar-refractivity contribution in [1.82, 2.24) is 4.98 Å². The number of nitrogens with one attached hydrogen (secondary N) is 1. The first kappa shape index (κ1) is 14.5. The number of rotatable bonds is 6. The minimum absolute atomic E-state index is 0.281. The number of thioether (sulfide) groups is 1. The van der Waals surface area contributed by atoms with Crippen LogP contribution in [0.1, 0.15) is 26.7 Å². The van der Waals surface area contributed by atoms with Crippen LogP contribution < -0.4 is 11.1 Å². The zero-order valence-corrected chi connectivity index (χ0v) is 13.3. The molecule has 0 aliphatic rings. The first-order valence-electron chi connectivity index (χ1n) is 6.56. The molecule has 3 N–H and O–H groups in total. The number of nitrogens with zero attached hydrogens (tertiary/aromatic N) is 1. The summed E-state index contributed by atoms with van der Waals surface area (Å²) in [6.07, 6.45) is 4.48. The van der Waals surface area contributed by atoms with Crippen LogP contribution in [0.2, 0.25) is 0 Å². The van der Waals surface area contributed by atoms with Gasteiger partial charge in [0.15, 0.2) is 0 Å². The van der Waals surface area contributed by atoms with Crippen LogP contribution in [0.5, 0.6) is 0 Å². The van der Waals surface area contributed by atoms with E-state index in [0.29, 0.717) is 0 Å². The van der Waals surface area contributed by atoms with E-state index in [2.05, 4.69) is 42.5 Å². The summed E-state index contributed by atoms with van der Waals surface area (Å²) in [5, 5.41) is 3.51. The van der Waals surface area contributed by atoms with E-state index in [0.717, 1.165) is 41.0 Å². The number of fused-ring (bicyclic) bond motifs is 1. The summed E-state index contributed by atoms with van der Waals surface area (Å²) in [5.41, 5.74) is 10.7. The largest absolute Gasteiger partial charge is 0.395 e. The lowest BCUT2D eigenvalue weighted by Gasteiger charge is -2.30. The molecular weight excluding hydrogens is 274 g/mol. The highest BCUT2D eigenvalue weighted by molar-refractivity contribution is 8.00. The molecule has 0 aliphatic heterocycles. The van der Waals surface area contributed by atoms with Gasteiger partial charge in [-0.25, -0.2) is 4.98 Å². The molecule has 2 aromatic rings. The van der Waals surface area contributed by atoms with Crippen molar-refractivity contribution < 1.29 is 0 Å². The van der Waals surface area contributed by atoms with E-state index in [1.807, 2.05) is 17.3 Å². The molecular formula is C14H21N3S2. The molecule has 0 bridgehead atoms. The van der Waals surface area contributed by atoms with E-state index in [1.165, 1.54) is 0 Å². The normalized spacial score (nSPS) is 11.9. The van der Waals surface area contributed by atoms with Gasteiger partial charge in [-0.15, -0.1) is 11.3 Å². The second kappa shape index (κ2) is 6.01. The first-order chi connectivity index (χ1) is 9.15. The van der Waals surface area contributed by atoms with Crippen molar-refractivity contribution in [1.29, 1.82) is 0 Å². The number of anilines is 2. The highest BCUT2D eigenvalue weighted by Gasteiger charge is 2.24. The minimum Gasteiger partial charge on any atom is -0.395 e. The van der Waals surface area contributed by atoms with E-state index in [-0.39, 0.29) is 4.75 Å². The summed E-state index contributed by atoms with van der Waals surface area (Å²) in [7, 11) is 0. The number of nitrogens with two attached hydrogens (primary N) is 1. The van der Waals surface area contributed by atoms with Crippen molar-refractivity contribution in [3.63, 3.8) is 0 Å². The van der Waals surface area contributed by atoms with Gasteiger partial charge in [-0.1, -0.05) is 13.8 Å². The van der Waals surface area contributed by atoms with Gasteiger partial charge in [0, 0.05) is 11.3 Å². The quantitative estimate of drug-likeness (QED) is 0.784. The van der Waals surface area contributed by atoms with Crippen LogP contribution in [0.3, 0.4) is 0 Å². The molecule has 0 atom stereocenters. The van der Waals surface area contributed by atoms with E-state index >= 15 is 0 Å². The van der Waals surface area contributed by atoms with Gasteiger partial charge in [0.1, 0.15) is 5.52 Å². The Morgan fingerprint density at radius 3 is 2.74 bits per heavy atom. The predicted molar refractivity (Wildman–Crippen MR) is 89.4 cm³/mol. The predicted octanol–water partition coefficient (Wildman–Crippen LogP) is 4.21. The Bertz CT molecular complexity index is 538. The van der Waals surface area contributed by atoms with Crippen LogP contribution in [0.15, 0.2) is 17.6 Å². The topological polar surface area (TPSA) is 50.9 Å². The maximum atomic E-state index is 6.19. The molecule has 5 heteroatoms. The third-order valence-corrected chi connectivity index (χ3v) is 6.25. The monoisotopic (exact) mass is 295 g/mol. The third-order valence-electron chi connectivity index (χ3n) is 3.86. The Hall–Kier alpha value is -0.940. The van der Waals surface area contributed by atoms with Crippen molar-refractivity contribution in [2.75, 3.05) is 23.9 Å². The molecule has 0 aliphatic carbocycles. The van der Waals surface area contributed by atoms with Gasteiger partial charge in [-0.2, -0.15) is 11.8 Å². The Balaban J connectivity index is 2.19. The molecule has 0 amide bonds. The summed E-state index contributed by atoms with van der Waals surface area (Å²) in [6.45, 7) is 5.42. The average Bonchev–Trinajstić information content (AvgIpc) is 2.92. The average molecular weight is 295 g/mol. The first-order valence-corrected chi connectivity index (χ1v) is 8.67. The molecule has 3 nitrogen and oxygen atoms in total. The van der Waals surface area contributed by atoms with Gasteiger partial charge in [0.25, 0.3) is 0 Å². The molecule has 1 aromatic carbocycles. The van der Waals surface area contributed by atoms with Gasteiger partial charge < -0.3 is 11.1 Å². The van der Waals surface area contributed by atoms with Gasteiger partial charge >= 0.3 is 0 Å². The van der Waals surface area contributed by atoms with Gasteiger partial charge in [-0.3, -0.25) is 0 Å². The number of thiazole rings is 1. The van der Waals surface area contributed by atoms with Crippen molar-refractivity contribution in [2.45, 2.75) is 31.4 Å². The number of hydrogen-bond donors (Lipinski definition) is 2. The van der Waals surface area contributed by atoms with Crippen molar-refractivity contribution in [3.8, 4) is 0 Å². The smallest absolute Gasteiger partial charge is 0.106 e. The molecule has 0 spiro atoms. The molecule has 2 rings (SSSR count). The molecule has 0 saturated carbocycles. The van der Waals surface area contributed by atoms with Crippen LogP contribution in [0.25, 0.3) is 10.2 Å². The minimum atomic E-state index is 0.281. The molecule has 19 heavy (non-hydrogen) atoms. The van der Waals surface area contributed by atoms with Crippen molar-refractivity contribution in [3.05, 3.63) is 17.6 Å². The molecule has 0 radical (unpaired) electrons. The fourth-order valence-corrected chi connectivity index (χ4v) is 3.71. The van der Waals surface area contributed by atoms with Crippen molar-refractivity contribution >= 4 is 44.7 Å². The van der Waals surface area contributed by atoms with Crippen LogP contribution in [-0.4, -0.2) is 22.5 Å². The summed E-state index contributed by atoms with van der Waals surface area (Å²) in [5.74, 6) is 0. The maximum absolute atomic E-state index is 6.19. The van der Waals surface area contributed by atoms with Crippen LogP contribution in [-0.2, 0) is 0 Å². The molecule has 0 unspecified atom stereocenters. The van der Waals surface area contributed by atoms with E-state index in [9.17, 15) is 0 Å². The molecule has 1 heterocycles. The Kier molecular flexibility index (Phi) is 4.58. The van der Waals surface area contributed by atoms with Gasteiger partial charge in [0.2, 0.25) is 0 Å². The number of hydrogen-bond acceptors (Lipinski definition) is 5. The fourth-order valence-electron chi connectivity index (χ4n) is 2.22. The van der Waals surface area contributed by atoms with E-state index in [1.54, 1.807) is 11.3 Å². The van der Waals surface area contributed by atoms with Crippen LogP contribution in [0, 0.1) is 0 Å². The summed E-state index contributed by atoms with van der Waals surface area (Å²) in [6, 6.07) is 4.15. The standard InChI is InChI=1S/C14H21N3S2/c1-4-14(5-2,18-3)8-16-10-6-7-11-13(12(10)15)17-9-19-11/h6-7,9,16H,4-5,8,15H2,1-3H3. The van der Waals surface area contributed by atoms with Crippen LogP contribution in [0.4, 0.5) is 11.4 Å². The zero-order chi connectivity index (χ0) is 13.9. The molecule has 0 saturated heterocycles. The van der Waals surface area contributed by atoms with Crippen LogP contribution >= 0.6 is 23.1 Å². The number of benzene rings is 1. The summed E-state index contributed by atoms with van der Waals surface area (Å²) < 4.78 is 1.42. The lowest BCUT2D eigenvalue weighted by atomic mass is 10.0. The lowest BCUT2D eigenvalue weighted by Crippen LogP contribution is -2.32. The zero-order valence-electron chi connectivity index (χ0n) is 11.7. The Labute approximate surface area is 123 Å². The molecule has 104 valence electrons. The van der Waals surface area contributed by atoms with Gasteiger partial charge in [-0.05, 0) is 31.2 Å². The summed E-state index contributed by atoms with van der Waals surface area (Å²) in [4.78, 5) is 4.33. The van der Waals surface area contributed by atoms with Gasteiger partial charge in [0.05, 0.1) is 21.6 Å². The highest BCUT2D eigenvalue weighted by Crippen LogP contribution is 2.34. The Morgan fingerprint density at radius 1 is 1.37 bits per heavy atom. The van der Waals surface area contributed by atoms with Crippen molar-refractivity contribution in [2.24, 2.45) is 0 Å². The Morgan fingerprint density at radius 2 is 2.11 bits per heavy atom. The maximum Gasteiger partial charge on any atom is 0.106 e. The summed E-state index contributed by atoms with van der Waals surface area (Å²) >= 11 is 3.56. The third kappa shape index (κ3) is 2.82. The molecule has 0 fully saturated rings. The number of aromatic nitrogens is 1. The second-order valence-electron chi connectivity index (χ2n) is 4.67. The lowest BCUT2D eigenvalue weighted by molar-refractivity contribution is 0.575. The molecule has 1 aromatic heterocycles. The fraction of sp³-hybridized carbons (Fsp3) is 0.500.